The van der Waals surface area contributed by atoms with E-state index in [1.807, 2.05) is 0 Å². The Kier molecular flexibility index (Phi) is 4.64. The maximum atomic E-state index is 6.03. The number of rotatable bonds is 3. The molecule has 0 saturated heterocycles. The third-order valence-corrected chi connectivity index (χ3v) is 3.12. The van der Waals surface area contributed by atoms with Crippen molar-refractivity contribution in [2.24, 2.45) is 11.8 Å². The van der Waals surface area contributed by atoms with Crippen LogP contribution >= 0.6 is 0 Å². The monoisotopic (exact) mass is 212 g/mol. The molecule has 0 aromatic carbocycles. The standard InChI is InChI=1S/C14H28O/c1-11(2)10-12-6-8-13(9-7-12)15-14(3,4)5/h11-13H,6-10H2,1-5H3. The van der Waals surface area contributed by atoms with Crippen LogP contribution in [0.5, 0.6) is 0 Å². The molecule has 90 valence electrons. The molecule has 0 atom stereocenters. The molecular formula is C14H28O. The first kappa shape index (κ1) is 13.0. The van der Waals surface area contributed by atoms with E-state index in [2.05, 4.69) is 34.6 Å². The van der Waals surface area contributed by atoms with Gasteiger partial charge in [-0.2, -0.15) is 0 Å². The van der Waals surface area contributed by atoms with E-state index in [1.165, 1.54) is 32.1 Å². The fraction of sp³-hybridized carbons (Fsp3) is 1.00. The third kappa shape index (κ3) is 5.55. The van der Waals surface area contributed by atoms with Gasteiger partial charge in [0.1, 0.15) is 0 Å². The smallest absolute Gasteiger partial charge is 0.0602 e. The maximum Gasteiger partial charge on any atom is 0.0602 e. The highest BCUT2D eigenvalue weighted by Gasteiger charge is 2.25. The van der Waals surface area contributed by atoms with Crippen LogP contribution < -0.4 is 0 Å². The van der Waals surface area contributed by atoms with E-state index in [-0.39, 0.29) is 5.60 Å². The van der Waals surface area contributed by atoms with Crippen molar-refractivity contribution in [3.63, 3.8) is 0 Å². The summed E-state index contributed by atoms with van der Waals surface area (Å²) in [6.07, 6.45) is 7.22. The summed E-state index contributed by atoms with van der Waals surface area (Å²) < 4.78 is 6.03. The summed E-state index contributed by atoms with van der Waals surface area (Å²) in [6, 6.07) is 0. The molecule has 0 N–H and O–H groups in total. The Bertz CT molecular complexity index is 170. The van der Waals surface area contributed by atoms with Crippen LogP contribution in [0.25, 0.3) is 0 Å². The minimum atomic E-state index is 0.0373. The minimum absolute atomic E-state index is 0.0373. The van der Waals surface area contributed by atoms with Gasteiger partial charge in [0.05, 0.1) is 11.7 Å². The second kappa shape index (κ2) is 5.34. The van der Waals surface area contributed by atoms with E-state index < -0.39 is 0 Å². The van der Waals surface area contributed by atoms with Gasteiger partial charge in [0.15, 0.2) is 0 Å². The van der Waals surface area contributed by atoms with Gasteiger partial charge in [0.25, 0.3) is 0 Å². The number of hydrogen-bond acceptors (Lipinski definition) is 1. The van der Waals surface area contributed by atoms with E-state index in [0.717, 1.165) is 11.8 Å². The Morgan fingerprint density at radius 1 is 1.07 bits per heavy atom. The summed E-state index contributed by atoms with van der Waals surface area (Å²) >= 11 is 0. The Morgan fingerprint density at radius 2 is 1.60 bits per heavy atom. The molecule has 0 spiro atoms. The van der Waals surface area contributed by atoms with Gasteiger partial charge in [-0.1, -0.05) is 13.8 Å². The summed E-state index contributed by atoms with van der Waals surface area (Å²) in [5.74, 6) is 1.82. The van der Waals surface area contributed by atoms with Crippen LogP contribution in [-0.2, 0) is 4.74 Å². The van der Waals surface area contributed by atoms with E-state index in [1.54, 1.807) is 0 Å². The van der Waals surface area contributed by atoms with Crippen LogP contribution in [0, 0.1) is 11.8 Å². The summed E-state index contributed by atoms with van der Waals surface area (Å²) in [5, 5.41) is 0. The topological polar surface area (TPSA) is 9.23 Å². The summed E-state index contributed by atoms with van der Waals surface area (Å²) in [4.78, 5) is 0. The Balaban J connectivity index is 2.24. The molecule has 1 fully saturated rings. The van der Waals surface area contributed by atoms with Gasteiger partial charge in [0, 0.05) is 0 Å². The predicted molar refractivity (Wildman–Crippen MR) is 66.0 cm³/mol. The van der Waals surface area contributed by atoms with E-state index in [0.29, 0.717) is 6.10 Å². The molecule has 0 aliphatic heterocycles. The molecule has 0 unspecified atom stereocenters. The summed E-state index contributed by atoms with van der Waals surface area (Å²) in [5.41, 5.74) is 0.0373. The molecule has 0 aromatic rings. The molecule has 1 rings (SSSR count). The fourth-order valence-electron chi connectivity index (χ4n) is 2.65. The van der Waals surface area contributed by atoms with Crippen molar-refractivity contribution in [2.75, 3.05) is 0 Å². The van der Waals surface area contributed by atoms with Crippen LogP contribution in [0.3, 0.4) is 0 Å². The van der Waals surface area contributed by atoms with Gasteiger partial charge in [-0.3, -0.25) is 0 Å². The van der Waals surface area contributed by atoms with E-state index >= 15 is 0 Å². The van der Waals surface area contributed by atoms with E-state index in [4.69, 9.17) is 4.74 Å². The normalized spacial score (nSPS) is 28.4. The highest BCUT2D eigenvalue weighted by molar-refractivity contribution is 4.76. The van der Waals surface area contributed by atoms with Crippen molar-refractivity contribution < 1.29 is 4.74 Å². The maximum absolute atomic E-state index is 6.03. The molecule has 15 heavy (non-hydrogen) atoms. The first-order valence-corrected chi connectivity index (χ1v) is 6.54. The van der Waals surface area contributed by atoms with Gasteiger partial charge in [-0.15, -0.1) is 0 Å². The molecule has 0 aromatic heterocycles. The molecule has 1 heteroatoms. The lowest BCUT2D eigenvalue weighted by Crippen LogP contribution is -2.30. The van der Waals surface area contributed by atoms with Gasteiger partial charge >= 0.3 is 0 Å². The first-order chi connectivity index (χ1) is 6.87. The highest BCUT2D eigenvalue weighted by Crippen LogP contribution is 2.32. The van der Waals surface area contributed by atoms with Crippen LogP contribution in [0.2, 0.25) is 0 Å². The second-order valence-electron chi connectivity index (χ2n) is 6.50. The molecule has 1 aliphatic carbocycles. The lowest BCUT2D eigenvalue weighted by atomic mass is 9.82. The Morgan fingerprint density at radius 3 is 2.00 bits per heavy atom. The van der Waals surface area contributed by atoms with Crippen molar-refractivity contribution in [3.8, 4) is 0 Å². The fourth-order valence-corrected chi connectivity index (χ4v) is 2.65. The molecule has 0 radical (unpaired) electrons. The molecule has 0 bridgehead atoms. The van der Waals surface area contributed by atoms with Gasteiger partial charge in [0.2, 0.25) is 0 Å². The quantitative estimate of drug-likeness (QED) is 0.673. The van der Waals surface area contributed by atoms with Crippen molar-refractivity contribution >= 4 is 0 Å². The first-order valence-electron chi connectivity index (χ1n) is 6.54. The van der Waals surface area contributed by atoms with Gasteiger partial charge in [-0.05, 0) is 64.7 Å². The zero-order chi connectivity index (χ0) is 11.5. The lowest BCUT2D eigenvalue weighted by molar-refractivity contribution is -0.0790. The second-order valence-corrected chi connectivity index (χ2v) is 6.50. The predicted octanol–water partition coefficient (Wildman–Crippen LogP) is 4.41. The van der Waals surface area contributed by atoms with Gasteiger partial charge < -0.3 is 4.74 Å². The lowest BCUT2D eigenvalue weighted by Gasteiger charge is -2.34. The van der Waals surface area contributed by atoms with Crippen molar-refractivity contribution in [1.29, 1.82) is 0 Å². The number of ether oxygens (including phenoxy) is 1. The molecule has 0 heterocycles. The molecule has 1 aliphatic rings. The zero-order valence-electron chi connectivity index (χ0n) is 11.2. The van der Waals surface area contributed by atoms with Crippen LogP contribution in [0.1, 0.15) is 66.7 Å². The molecule has 1 saturated carbocycles. The van der Waals surface area contributed by atoms with Crippen LogP contribution in [-0.4, -0.2) is 11.7 Å². The molecular weight excluding hydrogens is 184 g/mol. The van der Waals surface area contributed by atoms with Crippen molar-refractivity contribution in [3.05, 3.63) is 0 Å². The summed E-state index contributed by atoms with van der Waals surface area (Å²) in [6.45, 7) is 11.1. The van der Waals surface area contributed by atoms with E-state index in [9.17, 15) is 0 Å². The average Bonchev–Trinajstić information content (AvgIpc) is 2.05. The average molecular weight is 212 g/mol. The van der Waals surface area contributed by atoms with Gasteiger partial charge in [-0.25, -0.2) is 0 Å². The Labute approximate surface area is 95.6 Å². The van der Waals surface area contributed by atoms with Crippen LogP contribution in [0.4, 0.5) is 0 Å². The highest BCUT2D eigenvalue weighted by atomic mass is 16.5. The minimum Gasteiger partial charge on any atom is -0.373 e. The summed E-state index contributed by atoms with van der Waals surface area (Å²) in [7, 11) is 0. The van der Waals surface area contributed by atoms with Crippen molar-refractivity contribution in [1.82, 2.24) is 0 Å². The SMILES string of the molecule is CC(C)CC1CCC(OC(C)(C)C)CC1. The third-order valence-electron chi connectivity index (χ3n) is 3.12. The molecule has 1 nitrogen and oxygen atoms in total. The Hall–Kier alpha value is -0.0400. The van der Waals surface area contributed by atoms with Crippen molar-refractivity contribution in [2.45, 2.75) is 78.4 Å². The molecule has 0 amide bonds. The number of hydrogen-bond donors (Lipinski definition) is 0. The largest absolute Gasteiger partial charge is 0.373 e. The zero-order valence-corrected chi connectivity index (χ0v) is 11.2. The van der Waals surface area contributed by atoms with Crippen LogP contribution in [0.15, 0.2) is 0 Å².